The van der Waals surface area contributed by atoms with Gasteiger partial charge in [-0.25, -0.2) is 9.59 Å². The lowest BCUT2D eigenvalue weighted by molar-refractivity contribution is -0.142. The van der Waals surface area contributed by atoms with Crippen molar-refractivity contribution in [1.29, 1.82) is 0 Å². The van der Waals surface area contributed by atoms with Crippen molar-refractivity contribution in [3.8, 4) is 0 Å². The first-order valence-electron chi connectivity index (χ1n) is 9.86. The van der Waals surface area contributed by atoms with Crippen molar-refractivity contribution < 1.29 is 57.5 Å². The summed E-state index contributed by atoms with van der Waals surface area (Å²) in [4.78, 5) is 60.4. The standard InChI is InChI=1S/C7H10N3O4P.C7H10NO4P.C3H7NO3.CH4/c1-4(9-8)6(11)10-3-13-7(12)5(10)2-14-15;1-3-5(12-13)4-7(10)11-2-8(4)6(3)9;4-2(1-5)3(6)7;/h5H,2-3,15H2,1H3;3-5H,2,13H2,1H3;2,5H,1,4H2,(H,6,7);1H4/t;3?,4-,5-;;/m.0../s1. The molecule has 0 spiro atoms. The average molecular weight is 555 g/mol. The molecule has 0 aromatic carbocycles. The van der Waals surface area contributed by atoms with E-state index in [2.05, 4.69) is 19.0 Å². The van der Waals surface area contributed by atoms with Crippen LogP contribution in [0.15, 0.2) is 0 Å². The molecule has 0 bridgehead atoms. The normalized spacial score (nSPS) is 24.6. The van der Waals surface area contributed by atoms with Gasteiger partial charge in [0.1, 0.15) is 12.1 Å². The van der Waals surface area contributed by atoms with E-state index in [-0.39, 0.29) is 51.0 Å². The number of cyclic esters (lactones) is 2. The quantitative estimate of drug-likeness (QED) is 0.104. The van der Waals surface area contributed by atoms with Crippen LogP contribution in [0.5, 0.6) is 0 Å². The third kappa shape index (κ3) is 7.97. The average Bonchev–Trinajstić information content (AvgIpc) is 3.48. The molecule has 5 unspecified atom stereocenters. The first-order valence-corrected chi connectivity index (χ1v) is 10.8. The number of hydrogen-bond acceptors (Lipinski definition) is 11. The van der Waals surface area contributed by atoms with Gasteiger partial charge in [0.25, 0.3) is 0 Å². The molecule has 3 aliphatic rings. The summed E-state index contributed by atoms with van der Waals surface area (Å²) < 4.78 is 19.2. The van der Waals surface area contributed by atoms with Crippen molar-refractivity contribution in [3.63, 3.8) is 0 Å². The van der Waals surface area contributed by atoms with E-state index in [9.17, 15) is 24.0 Å². The van der Waals surface area contributed by atoms with Gasteiger partial charge in [0, 0.05) is 25.9 Å². The zero-order valence-corrected chi connectivity index (χ0v) is 21.1. The molecule has 4 N–H and O–H groups in total. The highest BCUT2D eigenvalue weighted by Gasteiger charge is 2.54. The molecule has 0 aromatic rings. The number of nitrogens with two attached hydrogens (primary N) is 1. The van der Waals surface area contributed by atoms with Crippen LogP contribution in [0.2, 0.25) is 0 Å². The van der Waals surface area contributed by atoms with Crippen LogP contribution in [-0.2, 0) is 42.5 Å². The van der Waals surface area contributed by atoms with Crippen LogP contribution in [-0.4, -0.2) is 111 Å². The van der Waals surface area contributed by atoms with Crippen LogP contribution in [0.4, 0.5) is 0 Å². The molecule has 0 aliphatic carbocycles. The van der Waals surface area contributed by atoms with Crippen molar-refractivity contribution >= 4 is 54.4 Å². The Morgan fingerprint density at radius 1 is 1.25 bits per heavy atom. The van der Waals surface area contributed by atoms with Crippen LogP contribution in [0.1, 0.15) is 21.3 Å². The first kappa shape index (κ1) is 33.4. The van der Waals surface area contributed by atoms with E-state index in [0.717, 1.165) is 4.90 Å². The number of fused-ring (bicyclic) bond motifs is 1. The number of carbonyl (C=O) groups is 5. The maximum atomic E-state index is 11.5. The fourth-order valence-electron chi connectivity index (χ4n) is 3.03. The summed E-state index contributed by atoms with van der Waals surface area (Å²) in [5.74, 6) is -2.99. The number of hydrogen-bond donors (Lipinski definition) is 3. The van der Waals surface area contributed by atoms with E-state index in [0.29, 0.717) is 0 Å². The third-order valence-electron chi connectivity index (χ3n) is 5.04. The number of esters is 2. The highest BCUT2D eigenvalue weighted by molar-refractivity contribution is 7.10. The maximum Gasteiger partial charge on any atom is 0.353 e. The van der Waals surface area contributed by atoms with Gasteiger partial charge in [-0.05, 0) is 0 Å². The molecule has 204 valence electrons. The number of amides is 2. The predicted octanol–water partition coefficient (Wildman–Crippen LogP) is -2.26. The lowest BCUT2D eigenvalue weighted by atomic mass is 10.0. The number of carbonyl (C=O) groups excluding carboxylic acids is 4. The van der Waals surface area contributed by atoms with Crippen LogP contribution in [0.3, 0.4) is 0 Å². The third-order valence-corrected chi connectivity index (χ3v) is 5.55. The second-order valence-corrected chi connectivity index (χ2v) is 7.87. The van der Waals surface area contributed by atoms with E-state index in [1.165, 1.54) is 11.8 Å². The van der Waals surface area contributed by atoms with Gasteiger partial charge in [-0.3, -0.25) is 24.2 Å². The fourth-order valence-corrected chi connectivity index (χ4v) is 3.60. The van der Waals surface area contributed by atoms with E-state index in [4.69, 9.17) is 35.3 Å². The highest BCUT2D eigenvalue weighted by Crippen LogP contribution is 2.32. The summed E-state index contributed by atoms with van der Waals surface area (Å²) in [7, 11) is 4.07. The number of carboxylic acid groups (broad SMARTS) is 1. The molecule has 7 atom stereocenters. The Labute approximate surface area is 211 Å². The summed E-state index contributed by atoms with van der Waals surface area (Å²) in [6, 6.07) is -2.45. The SMILES string of the molecule is C.CC(=[N+]=[N-])C(=O)N1COC(=O)C1COP.CC1C(=O)N2COC(=O)[C@@H]2[C@H]1OP.NC(CO)C(=O)O. The lowest BCUT2D eigenvalue weighted by Crippen LogP contribution is -2.43. The Hall–Kier alpha value is -2.57. The van der Waals surface area contributed by atoms with E-state index >= 15 is 0 Å². The van der Waals surface area contributed by atoms with Gasteiger partial charge in [-0.2, -0.15) is 4.79 Å². The number of aliphatic hydroxyl groups is 1. The maximum absolute atomic E-state index is 11.5. The number of ether oxygens (including phenoxy) is 2. The molecular weight excluding hydrogens is 524 g/mol. The summed E-state index contributed by atoms with van der Waals surface area (Å²) >= 11 is 0. The molecule has 3 fully saturated rings. The van der Waals surface area contributed by atoms with Crippen molar-refractivity contribution in [2.24, 2.45) is 11.7 Å². The van der Waals surface area contributed by atoms with Gasteiger partial charge in [-0.15, -0.1) is 0 Å². The molecule has 3 saturated heterocycles. The van der Waals surface area contributed by atoms with E-state index < -0.39 is 48.7 Å². The summed E-state index contributed by atoms with van der Waals surface area (Å²) in [5, 5.41) is 15.9. The van der Waals surface area contributed by atoms with Crippen LogP contribution >= 0.6 is 18.9 Å². The Morgan fingerprint density at radius 3 is 2.28 bits per heavy atom. The zero-order valence-electron chi connectivity index (χ0n) is 18.8. The topological polar surface area (TPSA) is 232 Å². The molecule has 36 heavy (non-hydrogen) atoms. The Morgan fingerprint density at radius 2 is 1.83 bits per heavy atom. The van der Waals surface area contributed by atoms with Crippen LogP contribution < -0.4 is 5.73 Å². The minimum Gasteiger partial charge on any atom is -0.480 e. The summed E-state index contributed by atoms with van der Waals surface area (Å²) in [6.07, 6.45) is -0.396. The van der Waals surface area contributed by atoms with E-state index in [1.807, 2.05) is 9.47 Å². The van der Waals surface area contributed by atoms with Crippen molar-refractivity contribution in [1.82, 2.24) is 9.80 Å². The fraction of sp³-hybridized carbons (Fsp3) is 0.667. The molecule has 0 saturated carbocycles. The number of rotatable bonds is 6. The lowest BCUT2D eigenvalue weighted by Gasteiger charge is -2.16. The van der Waals surface area contributed by atoms with E-state index in [1.54, 1.807) is 6.92 Å². The van der Waals surface area contributed by atoms with Crippen molar-refractivity contribution in [2.75, 3.05) is 26.7 Å². The van der Waals surface area contributed by atoms with Gasteiger partial charge < -0.3 is 40.0 Å². The summed E-state index contributed by atoms with van der Waals surface area (Å²) in [6.45, 7) is 2.52. The number of aliphatic hydroxyl groups excluding tert-OH is 1. The molecule has 3 rings (SSSR count). The number of carboxylic acids is 1. The minimum absolute atomic E-state index is 0. The van der Waals surface area contributed by atoms with Gasteiger partial charge in [0.05, 0.1) is 19.1 Å². The molecule has 3 aliphatic heterocycles. The minimum atomic E-state index is -1.18. The first-order chi connectivity index (χ1) is 16.5. The molecule has 0 radical (unpaired) electrons. The summed E-state index contributed by atoms with van der Waals surface area (Å²) in [5.41, 5.74) is 13.1. The second kappa shape index (κ2) is 15.5. The highest BCUT2D eigenvalue weighted by atomic mass is 31.0. The smallest absolute Gasteiger partial charge is 0.353 e. The van der Waals surface area contributed by atoms with Crippen molar-refractivity contribution in [2.45, 2.75) is 45.5 Å². The molecule has 16 nitrogen and oxygen atoms in total. The van der Waals surface area contributed by atoms with Crippen molar-refractivity contribution in [3.05, 3.63) is 5.53 Å². The number of nitrogens with zero attached hydrogens (tertiary/aromatic N) is 4. The van der Waals surface area contributed by atoms with Gasteiger partial charge in [0.2, 0.25) is 5.91 Å². The molecular formula is C18H31N5O11P2. The zero-order chi connectivity index (χ0) is 26.9. The largest absolute Gasteiger partial charge is 0.480 e. The second-order valence-electron chi connectivity index (χ2n) is 7.26. The molecule has 0 aromatic heterocycles. The van der Waals surface area contributed by atoms with Crippen LogP contribution in [0, 0.1) is 5.92 Å². The van der Waals surface area contributed by atoms with Gasteiger partial charge in [-0.1, -0.05) is 14.4 Å². The predicted molar refractivity (Wildman–Crippen MR) is 126 cm³/mol. The molecule has 3 heterocycles. The number of aliphatic carboxylic acids is 1. The van der Waals surface area contributed by atoms with Crippen LogP contribution in [0.25, 0.3) is 5.53 Å². The Kier molecular flexibility index (Phi) is 14.4. The Balaban J connectivity index is 0.000000535. The van der Waals surface area contributed by atoms with Gasteiger partial charge in [0.15, 0.2) is 25.5 Å². The Bertz CT molecular complexity index is 885. The van der Waals surface area contributed by atoms with Gasteiger partial charge >= 0.3 is 29.5 Å². The monoisotopic (exact) mass is 555 g/mol. The molecule has 18 heteroatoms. The molecule has 2 amide bonds.